The summed E-state index contributed by atoms with van der Waals surface area (Å²) >= 11 is 0. The van der Waals surface area contributed by atoms with Crippen molar-refractivity contribution >= 4 is 16.9 Å². The molecular weight excluding hydrogens is 366 g/mol. The first-order chi connectivity index (χ1) is 13.8. The van der Waals surface area contributed by atoms with Crippen molar-refractivity contribution in [3.63, 3.8) is 0 Å². The van der Waals surface area contributed by atoms with Gasteiger partial charge < -0.3 is 14.4 Å². The zero-order valence-electron chi connectivity index (χ0n) is 18.1. The van der Waals surface area contributed by atoms with E-state index in [1.165, 1.54) is 0 Å². The average molecular weight is 398 g/mol. The molecule has 0 spiro atoms. The first-order valence-electron chi connectivity index (χ1n) is 10.4. The van der Waals surface area contributed by atoms with Crippen molar-refractivity contribution in [3.8, 4) is 0 Å². The maximum Gasteiger partial charge on any atom is 0.235 e. The fourth-order valence-electron chi connectivity index (χ4n) is 5.51. The number of para-hydroxylation sites is 2. The predicted octanol–water partition coefficient (Wildman–Crippen LogP) is 3.08. The normalized spacial score (nSPS) is 26.7. The number of carbonyl (C=O) groups excluding carboxylic acids is 1. The summed E-state index contributed by atoms with van der Waals surface area (Å²) in [5, 5.41) is 0. The molecule has 1 aromatic carbocycles. The number of hydrogen-bond donors (Lipinski definition) is 0. The Kier molecular flexibility index (Phi) is 4.90. The Bertz CT molecular complexity index is 936. The van der Waals surface area contributed by atoms with Crippen molar-refractivity contribution in [1.82, 2.24) is 14.9 Å². The molecule has 1 heterocycles. The second kappa shape index (κ2) is 7.03. The average Bonchev–Trinajstić information content (AvgIpc) is 3.01. The minimum Gasteiger partial charge on any atom is -0.383 e. The summed E-state index contributed by atoms with van der Waals surface area (Å²) in [6.45, 7) is 8.78. The van der Waals surface area contributed by atoms with E-state index >= 15 is 0 Å². The fourth-order valence-corrected chi connectivity index (χ4v) is 5.51. The minimum atomic E-state index is -0.671. The van der Waals surface area contributed by atoms with Crippen LogP contribution in [0.25, 0.3) is 11.0 Å². The molecule has 6 heteroatoms. The quantitative estimate of drug-likeness (QED) is 0.718. The Morgan fingerprint density at radius 2 is 1.52 bits per heavy atom. The van der Waals surface area contributed by atoms with Crippen LogP contribution in [0.2, 0.25) is 0 Å². The molecule has 0 radical (unpaired) electrons. The van der Waals surface area contributed by atoms with Crippen LogP contribution in [0.3, 0.4) is 0 Å². The Balaban J connectivity index is 1.87. The number of hydrogen-bond acceptors (Lipinski definition) is 5. The molecule has 2 aliphatic rings. The second-order valence-electron chi connectivity index (χ2n) is 9.05. The van der Waals surface area contributed by atoms with Gasteiger partial charge in [-0.2, -0.15) is 0 Å². The van der Waals surface area contributed by atoms with E-state index in [0.29, 0.717) is 26.3 Å². The van der Waals surface area contributed by atoms with E-state index in [0.717, 1.165) is 35.3 Å². The lowest BCUT2D eigenvalue weighted by atomic mass is 9.63. The van der Waals surface area contributed by atoms with Crippen LogP contribution in [0.5, 0.6) is 0 Å². The Morgan fingerprint density at radius 3 is 2.07 bits per heavy atom. The van der Waals surface area contributed by atoms with Gasteiger partial charge in [-0.25, -0.2) is 9.97 Å². The van der Waals surface area contributed by atoms with E-state index in [4.69, 9.17) is 19.4 Å². The van der Waals surface area contributed by atoms with E-state index in [1.54, 1.807) is 14.2 Å². The van der Waals surface area contributed by atoms with E-state index < -0.39 is 5.41 Å². The molecule has 2 bridgehead atoms. The first-order valence-corrected chi connectivity index (χ1v) is 10.4. The molecule has 2 atom stereocenters. The molecule has 1 saturated carbocycles. The van der Waals surface area contributed by atoms with Crippen molar-refractivity contribution < 1.29 is 14.3 Å². The molecule has 4 rings (SSSR count). The summed E-state index contributed by atoms with van der Waals surface area (Å²) < 4.78 is 10.6. The Hall–Kier alpha value is -2.05. The van der Waals surface area contributed by atoms with E-state index in [-0.39, 0.29) is 16.7 Å². The summed E-state index contributed by atoms with van der Waals surface area (Å²) in [6, 6.07) is 7.95. The van der Waals surface area contributed by atoms with Crippen molar-refractivity contribution in [2.45, 2.75) is 44.4 Å². The highest BCUT2D eigenvalue weighted by molar-refractivity contribution is 5.93. The molecule has 2 aliphatic carbocycles. The third kappa shape index (κ3) is 2.58. The van der Waals surface area contributed by atoms with Gasteiger partial charge in [0, 0.05) is 32.7 Å². The molecule has 2 aromatic rings. The van der Waals surface area contributed by atoms with Gasteiger partial charge in [0.2, 0.25) is 5.91 Å². The number of carbonyl (C=O) groups is 1. The van der Waals surface area contributed by atoms with Crippen molar-refractivity contribution in [1.29, 1.82) is 0 Å². The van der Waals surface area contributed by atoms with Crippen molar-refractivity contribution in [3.05, 3.63) is 35.7 Å². The number of benzene rings is 1. The van der Waals surface area contributed by atoms with Gasteiger partial charge in [0.15, 0.2) is 0 Å². The first kappa shape index (κ1) is 20.2. The van der Waals surface area contributed by atoms with E-state index in [9.17, 15) is 4.79 Å². The van der Waals surface area contributed by atoms with Crippen LogP contribution < -0.4 is 0 Å². The van der Waals surface area contributed by atoms with Crippen LogP contribution in [0.4, 0.5) is 0 Å². The summed E-state index contributed by atoms with van der Waals surface area (Å²) in [5.74, 6) is 0.128. The maximum absolute atomic E-state index is 14.1. The molecule has 6 nitrogen and oxygen atoms in total. The van der Waals surface area contributed by atoms with Crippen LogP contribution >= 0.6 is 0 Å². The van der Waals surface area contributed by atoms with Gasteiger partial charge in [-0.15, -0.1) is 0 Å². The summed E-state index contributed by atoms with van der Waals surface area (Å²) in [7, 11) is 3.33. The molecule has 1 amide bonds. The summed E-state index contributed by atoms with van der Waals surface area (Å²) in [6.07, 6.45) is 1.74. The number of ether oxygens (including phenoxy) is 2. The van der Waals surface area contributed by atoms with Crippen LogP contribution in [0.15, 0.2) is 24.3 Å². The van der Waals surface area contributed by atoms with Crippen LogP contribution in [-0.2, 0) is 25.1 Å². The molecular formula is C23H31N3O3. The topological polar surface area (TPSA) is 64.6 Å². The SMILES string of the molecule is COCCN(CCOC)C(=O)C12CCC(C)(c3nc4ccccc4nc31)C2(C)C. The molecule has 0 N–H and O–H groups in total. The lowest BCUT2D eigenvalue weighted by molar-refractivity contribution is -0.142. The van der Waals surface area contributed by atoms with E-state index in [2.05, 4.69) is 20.8 Å². The molecule has 2 unspecified atom stereocenters. The highest BCUT2D eigenvalue weighted by Crippen LogP contribution is 2.70. The second-order valence-corrected chi connectivity index (χ2v) is 9.05. The number of methoxy groups -OCH3 is 2. The maximum atomic E-state index is 14.1. The molecule has 0 saturated heterocycles. The highest BCUT2D eigenvalue weighted by atomic mass is 16.5. The standard InChI is InChI=1S/C23H31N3O3/c1-21(2)22(3)10-11-23(21,20(27)26(12-14-28-4)13-15-29-5)19-18(22)24-16-8-6-7-9-17(16)25-19/h6-9H,10-15H2,1-5H3. The smallest absolute Gasteiger partial charge is 0.235 e. The zero-order valence-corrected chi connectivity index (χ0v) is 18.1. The van der Waals surface area contributed by atoms with Crippen molar-refractivity contribution in [2.75, 3.05) is 40.5 Å². The van der Waals surface area contributed by atoms with E-state index in [1.807, 2.05) is 29.2 Å². The largest absolute Gasteiger partial charge is 0.383 e. The lowest BCUT2D eigenvalue weighted by Crippen LogP contribution is -2.54. The number of aromatic nitrogens is 2. The Morgan fingerprint density at radius 1 is 0.966 bits per heavy atom. The van der Waals surface area contributed by atoms with Gasteiger partial charge in [0.05, 0.1) is 41.1 Å². The molecule has 0 aliphatic heterocycles. The van der Waals surface area contributed by atoms with Gasteiger partial charge in [0.1, 0.15) is 0 Å². The highest BCUT2D eigenvalue weighted by Gasteiger charge is 2.73. The van der Waals surface area contributed by atoms with Crippen LogP contribution in [0.1, 0.15) is 45.0 Å². The predicted molar refractivity (Wildman–Crippen MR) is 112 cm³/mol. The third-order valence-electron chi connectivity index (χ3n) is 7.73. The lowest BCUT2D eigenvalue weighted by Gasteiger charge is -2.42. The zero-order chi connectivity index (χ0) is 20.9. The minimum absolute atomic E-state index is 0.128. The van der Waals surface area contributed by atoms with Gasteiger partial charge in [-0.3, -0.25) is 4.79 Å². The van der Waals surface area contributed by atoms with Gasteiger partial charge in [-0.05, 0) is 30.4 Å². The third-order valence-corrected chi connectivity index (χ3v) is 7.73. The number of nitrogens with zero attached hydrogens (tertiary/aromatic N) is 3. The fraction of sp³-hybridized carbons (Fsp3) is 0.609. The monoisotopic (exact) mass is 397 g/mol. The van der Waals surface area contributed by atoms with Gasteiger partial charge in [0.25, 0.3) is 0 Å². The number of amides is 1. The molecule has 1 aromatic heterocycles. The van der Waals surface area contributed by atoms with Crippen LogP contribution in [0, 0.1) is 5.41 Å². The molecule has 156 valence electrons. The molecule has 1 fully saturated rings. The van der Waals surface area contributed by atoms with Crippen molar-refractivity contribution in [2.24, 2.45) is 5.41 Å². The van der Waals surface area contributed by atoms with Crippen LogP contribution in [-0.4, -0.2) is 61.3 Å². The summed E-state index contributed by atoms with van der Waals surface area (Å²) in [4.78, 5) is 26.1. The Labute approximate surface area is 172 Å². The van der Waals surface area contributed by atoms with Gasteiger partial charge >= 0.3 is 0 Å². The number of rotatable bonds is 7. The summed E-state index contributed by atoms with van der Waals surface area (Å²) in [5.41, 5.74) is 2.49. The number of fused-ring (bicyclic) bond motifs is 6. The van der Waals surface area contributed by atoms with Gasteiger partial charge in [-0.1, -0.05) is 32.9 Å². The molecule has 29 heavy (non-hydrogen) atoms.